The number of fused-ring (bicyclic) bond motifs is 1. The Bertz CT molecular complexity index is 526. The van der Waals surface area contributed by atoms with E-state index in [0.29, 0.717) is 16.1 Å². The second-order valence-electron chi connectivity index (χ2n) is 2.82. The van der Waals surface area contributed by atoms with Crippen molar-refractivity contribution >= 4 is 22.6 Å². The molecule has 0 aliphatic heterocycles. The minimum absolute atomic E-state index is 0.275. The first-order valence-corrected chi connectivity index (χ1v) is 4.11. The SMILES string of the molecule is Cn1c(=O)n(N)c2cccc(Cl)c21. The molecule has 0 unspecified atom stereocenters. The molecule has 5 heteroatoms. The Balaban J connectivity index is 3.12. The molecule has 68 valence electrons. The van der Waals surface area contributed by atoms with Crippen LogP contribution in [0.3, 0.4) is 0 Å². The predicted molar refractivity (Wildman–Crippen MR) is 52.3 cm³/mol. The van der Waals surface area contributed by atoms with Gasteiger partial charge in [0.15, 0.2) is 0 Å². The zero-order valence-electron chi connectivity index (χ0n) is 6.99. The van der Waals surface area contributed by atoms with Crippen LogP contribution in [0.4, 0.5) is 0 Å². The summed E-state index contributed by atoms with van der Waals surface area (Å²) in [6.45, 7) is 0. The number of aromatic nitrogens is 2. The number of aryl methyl sites for hydroxylation is 1. The summed E-state index contributed by atoms with van der Waals surface area (Å²) in [6.07, 6.45) is 0. The van der Waals surface area contributed by atoms with Crippen molar-refractivity contribution < 1.29 is 0 Å². The molecular weight excluding hydrogens is 190 g/mol. The van der Waals surface area contributed by atoms with Crippen LogP contribution in [-0.4, -0.2) is 9.24 Å². The lowest BCUT2D eigenvalue weighted by Crippen LogP contribution is -2.27. The first-order valence-electron chi connectivity index (χ1n) is 3.74. The topological polar surface area (TPSA) is 53.0 Å². The van der Waals surface area contributed by atoms with Crippen molar-refractivity contribution in [3.8, 4) is 0 Å². The lowest BCUT2D eigenvalue weighted by molar-refractivity contribution is 0.828. The number of benzene rings is 1. The zero-order chi connectivity index (χ0) is 9.59. The lowest BCUT2D eigenvalue weighted by atomic mass is 10.3. The Kier molecular flexibility index (Phi) is 1.60. The molecule has 1 heterocycles. The maximum absolute atomic E-state index is 11.4. The third-order valence-electron chi connectivity index (χ3n) is 2.05. The molecule has 0 bridgehead atoms. The lowest BCUT2D eigenvalue weighted by Gasteiger charge is -1.95. The van der Waals surface area contributed by atoms with Crippen molar-refractivity contribution in [2.45, 2.75) is 0 Å². The average Bonchev–Trinajstić information content (AvgIpc) is 2.33. The second kappa shape index (κ2) is 2.53. The number of imidazole rings is 1. The predicted octanol–water partition coefficient (Wildman–Crippen LogP) is 0.707. The van der Waals surface area contributed by atoms with Crippen LogP contribution in [-0.2, 0) is 7.05 Å². The van der Waals surface area contributed by atoms with E-state index in [1.807, 2.05) is 0 Å². The summed E-state index contributed by atoms with van der Waals surface area (Å²) in [7, 11) is 1.64. The number of nitrogens with two attached hydrogens (primary N) is 1. The van der Waals surface area contributed by atoms with Crippen molar-refractivity contribution in [1.29, 1.82) is 0 Å². The molecule has 13 heavy (non-hydrogen) atoms. The smallest absolute Gasteiger partial charge is 0.335 e. The van der Waals surface area contributed by atoms with Crippen LogP contribution in [0.1, 0.15) is 0 Å². The number of hydrogen-bond acceptors (Lipinski definition) is 2. The van der Waals surface area contributed by atoms with Gasteiger partial charge in [0.2, 0.25) is 0 Å². The van der Waals surface area contributed by atoms with Gasteiger partial charge in [-0.15, -0.1) is 0 Å². The molecule has 0 atom stereocenters. The third kappa shape index (κ3) is 0.954. The summed E-state index contributed by atoms with van der Waals surface area (Å²) >= 11 is 5.92. The van der Waals surface area contributed by atoms with Gasteiger partial charge in [0.05, 0.1) is 16.1 Å². The number of para-hydroxylation sites is 1. The third-order valence-corrected chi connectivity index (χ3v) is 2.36. The van der Waals surface area contributed by atoms with Gasteiger partial charge in [-0.2, -0.15) is 0 Å². The van der Waals surface area contributed by atoms with Crippen molar-refractivity contribution in [3.63, 3.8) is 0 Å². The number of rotatable bonds is 0. The minimum Gasteiger partial charge on any atom is -0.335 e. The summed E-state index contributed by atoms with van der Waals surface area (Å²) in [5.74, 6) is 5.53. The van der Waals surface area contributed by atoms with Gasteiger partial charge in [0, 0.05) is 7.05 Å². The Labute approximate surface area is 79.1 Å². The van der Waals surface area contributed by atoms with E-state index >= 15 is 0 Å². The van der Waals surface area contributed by atoms with E-state index in [-0.39, 0.29) is 5.69 Å². The summed E-state index contributed by atoms with van der Waals surface area (Å²) < 4.78 is 2.51. The molecule has 0 saturated carbocycles. The van der Waals surface area contributed by atoms with E-state index in [1.165, 1.54) is 4.57 Å². The van der Waals surface area contributed by atoms with Gasteiger partial charge < -0.3 is 5.84 Å². The molecule has 4 nitrogen and oxygen atoms in total. The molecule has 2 N–H and O–H groups in total. The molecule has 0 amide bonds. The van der Waals surface area contributed by atoms with Crippen LogP contribution in [0.15, 0.2) is 23.0 Å². The van der Waals surface area contributed by atoms with Crippen molar-refractivity contribution in [2.75, 3.05) is 5.84 Å². The highest BCUT2D eigenvalue weighted by Gasteiger charge is 2.09. The fourth-order valence-electron chi connectivity index (χ4n) is 1.39. The Hall–Kier alpha value is -1.42. The van der Waals surface area contributed by atoms with Crippen molar-refractivity contribution in [3.05, 3.63) is 33.7 Å². The summed E-state index contributed by atoms with van der Waals surface area (Å²) in [6, 6.07) is 5.24. The van der Waals surface area contributed by atoms with E-state index in [2.05, 4.69) is 0 Å². The highest BCUT2D eigenvalue weighted by Crippen LogP contribution is 2.20. The number of halogens is 1. The quantitative estimate of drug-likeness (QED) is 0.633. The molecule has 2 rings (SSSR count). The maximum atomic E-state index is 11.4. The van der Waals surface area contributed by atoms with Crippen LogP contribution in [0.25, 0.3) is 11.0 Å². The van der Waals surface area contributed by atoms with Crippen molar-refractivity contribution in [1.82, 2.24) is 9.24 Å². The fourth-order valence-corrected chi connectivity index (χ4v) is 1.69. The molecule has 0 saturated heterocycles. The molecule has 0 aliphatic rings. The van der Waals surface area contributed by atoms with Crippen LogP contribution >= 0.6 is 11.6 Å². The van der Waals surface area contributed by atoms with Gasteiger partial charge >= 0.3 is 5.69 Å². The number of nitrogen functional groups attached to an aromatic ring is 1. The van der Waals surface area contributed by atoms with Crippen LogP contribution < -0.4 is 11.5 Å². The van der Waals surface area contributed by atoms with E-state index < -0.39 is 0 Å². The first kappa shape index (κ1) is 8.19. The summed E-state index contributed by atoms with van der Waals surface area (Å²) in [4.78, 5) is 11.4. The van der Waals surface area contributed by atoms with Crippen molar-refractivity contribution in [2.24, 2.45) is 7.05 Å². The van der Waals surface area contributed by atoms with Gasteiger partial charge in [0.25, 0.3) is 0 Å². The van der Waals surface area contributed by atoms with Crippen LogP contribution in [0.5, 0.6) is 0 Å². The minimum atomic E-state index is -0.275. The van der Waals surface area contributed by atoms with E-state index in [1.54, 1.807) is 25.2 Å². The summed E-state index contributed by atoms with van der Waals surface area (Å²) in [5.41, 5.74) is 1.03. The van der Waals surface area contributed by atoms with Gasteiger partial charge in [-0.1, -0.05) is 17.7 Å². The molecule has 0 radical (unpaired) electrons. The zero-order valence-corrected chi connectivity index (χ0v) is 7.75. The Morgan fingerprint density at radius 2 is 2.15 bits per heavy atom. The van der Waals surface area contributed by atoms with E-state index in [4.69, 9.17) is 17.4 Å². The van der Waals surface area contributed by atoms with Gasteiger partial charge in [0.1, 0.15) is 0 Å². The number of hydrogen-bond donors (Lipinski definition) is 1. The largest absolute Gasteiger partial charge is 0.347 e. The molecule has 0 spiro atoms. The van der Waals surface area contributed by atoms with E-state index in [9.17, 15) is 4.79 Å². The monoisotopic (exact) mass is 197 g/mol. The Morgan fingerprint density at radius 3 is 2.77 bits per heavy atom. The molecule has 1 aromatic carbocycles. The highest BCUT2D eigenvalue weighted by molar-refractivity contribution is 6.34. The summed E-state index contributed by atoms with van der Waals surface area (Å²) in [5, 5.41) is 0.529. The molecule has 0 fully saturated rings. The molecular formula is C8H8ClN3O. The Morgan fingerprint density at radius 1 is 1.46 bits per heavy atom. The van der Waals surface area contributed by atoms with Gasteiger partial charge in [-0.3, -0.25) is 4.57 Å². The van der Waals surface area contributed by atoms with Crippen LogP contribution in [0.2, 0.25) is 5.02 Å². The molecule has 0 aliphatic carbocycles. The fraction of sp³-hybridized carbons (Fsp3) is 0.125. The standard InChI is InChI=1S/C8H8ClN3O/c1-11-7-5(9)3-2-4-6(7)12(10)8(11)13/h2-4H,10H2,1H3. The average molecular weight is 198 g/mol. The molecule has 1 aromatic heterocycles. The van der Waals surface area contributed by atoms with E-state index in [0.717, 1.165) is 4.68 Å². The maximum Gasteiger partial charge on any atom is 0.347 e. The highest BCUT2D eigenvalue weighted by atomic mass is 35.5. The normalized spacial score (nSPS) is 10.9. The number of nitrogens with zero attached hydrogens (tertiary/aromatic N) is 2. The van der Waals surface area contributed by atoms with Crippen LogP contribution in [0, 0.1) is 0 Å². The van der Waals surface area contributed by atoms with Gasteiger partial charge in [-0.25, -0.2) is 9.47 Å². The second-order valence-corrected chi connectivity index (χ2v) is 3.23. The molecule has 2 aromatic rings. The van der Waals surface area contributed by atoms with Gasteiger partial charge in [-0.05, 0) is 12.1 Å². The first-order chi connectivity index (χ1) is 6.13.